The standard InChI is InChI=1S/C12H12ClFN2O2/c13-10-2-1-8(6-16-10)5-9-7-18-12(17)11(9)15-4-3-14/h1-2,6,15H,3-5,7H2. The first kappa shape index (κ1) is 12.8. The first-order valence-electron chi connectivity index (χ1n) is 5.50. The van der Waals surface area contributed by atoms with Crippen molar-refractivity contribution in [3.8, 4) is 0 Å². The molecule has 2 rings (SSSR count). The summed E-state index contributed by atoms with van der Waals surface area (Å²) in [6.45, 7) is -0.199. The zero-order valence-corrected chi connectivity index (χ0v) is 10.3. The van der Waals surface area contributed by atoms with Gasteiger partial charge in [0.25, 0.3) is 0 Å². The highest BCUT2D eigenvalue weighted by molar-refractivity contribution is 6.29. The Morgan fingerprint density at radius 1 is 1.50 bits per heavy atom. The lowest BCUT2D eigenvalue weighted by Crippen LogP contribution is -2.21. The third kappa shape index (κ3) is 2.98. The van der Waals surface area contributed by atoms with E-state index >= 15 is 0 Å². The van der Waals surface area contributed by atoms with Crippen LogP contribution in [0.2, 0.25) is 5.15 Å². The first-order valence-corrected chi connectivity index (χ1v) is 5.88. The third-order valence-corrected chi connectivity index (χ3v) is 2.76. The number of hydrogen-bond acceptors (Lipinski definition) is 4. The maximum absolute atomic E-state index is 12.1. The van der Waals surface area contributed by atoms with Crippen LogP contribution in [0, 0.1) is 0 Å². The second-order valence-electron chi connectivity index (χ2n) is 3.84. The number of cyclic esters (lactones) is 1. The molecular weight excluding hydrogens is 259 g/mol. The van der Waals surface area contributed by atoms with Crippen LogP contribution < -0.4 is 5.32 Å². The van der Waals surface area contributed by atoms with Gasteiger partial charge in [0, 0.05) is 24.7 Å². The van der Waals surface area contributed by atoms with Gasteiger partial charge in [0.15, 0.2) is 0 Å². The highest BCUT2D eigenvalue weighted by atomic mass is 35.5. The number of carbonyl (C=O) groups is 1. The van der Waals surface area contributed by atoms with Gasteiger partial charge in [-0.25, -0.2) is 14.2 Å². The van der Waals surface area contributed by atoms with E-state index in [1.165, 1.54) is 0 Å². The molecule has 0 unspecified atom stereocenters. The predicted octanol–water partition coefficient (Wildman–Crippen LogP) is 1.65. The van der Waals surface area contributed by atoms with Crippen molar-refractivity contribution in [1.29, 1.82) is 0 Å². The summed E-state index contributed by atoms with van der Waals surface area (Å²) >= 11 is 5.69. The van der Waals surface area contributed by atoms with Crippen LogP contribution >= 0.6 is 11.6 Å². The van der Waals surface area contributed by atoms with Crippen LogP contribution in [0.15, 0.2) is 29.6 Å². The largest absolute Gasteiger partial charge is 0.456 e. The SMILES string of the molecule is O=C1OCC(Cc2ccc(Cl)nc2)=C1NCCF. The minimum atomic E-state index is -0.535. The Kier molecular flexibility index (Phi) is 4.15. The van der Waals surface area contributed by atoms with Gasteiger partial charge in [-0.3, -0.25) is 0 Å². The van der Waals surface area contributed by atoms with Gasteiger partial charge in [0.1, 0.15) is 24.1 Å². The molecule has 0 aromatic carbocycles. The number of pyridine rings is 1. The fraction of sp³-hybridized carbons (Fsp3) is 0.333. The molecule has 0 atom stereocenters. The van der Waals surface area contributed by atoms with E-state index in [-0.39, 0.29) is 13.2 Å². The van der Waals surface area contributed by atoms with E-state index in [0.717, 1.165) is 11.1 Å². The number of alkyl halides is 1. The topological polar surface area (TPSA) is 51.2 Å². The minimum Gasteiger partial charge on any atom is -0.456 e. The van der Waals surface area contributed by atoms with E-state index in [2.05, 4.69) is 10.3 Å². The number of rotatable bonds is 5. The van der Waals surface area contributed by atoms with E-state index in [9.17, 15) is 9.18 Å². The fourth-order valence-electron chi connectivity index (χ4n) is 1.71. The molecule has 1 N–H and O–H groups in total. The molecule has 0 spiro atoms. The van der Waals surface area contributed by atoms with Gasteiger partial charge in [-0.1, -0.05) is 17.7 Å². The highest BCUT2D eigenvalue weighted by Gasteiger charge is 2.24. The van der Waals surface area contributed by atoms with Crippen LogP contribution in [0.3, 0.4) is 0 Å². The lowest BCUT2D eigenvalue weighted by molar-refractivity contribution is -0.136. The molecule has 1 aliphatic rings. The maximum Gasteiger partial charge on any atom is 0.354 e. The van der Waals surface area contributed by atoms with E-state index in [4.69, 9.17) is 16.3 Å². The van der Waals surface area contributed by atoms with Crippen molar-refractivity contribution in [1.82, 2.24) is 10.3 Å². The van der Waals surface area contributed by atoms with E-state index in [0.29, 0.717) is 17.3 Å². The predicted molar refractivity (Wildman–Crippen MR) is 64.9 cm³/mol. The van der Waals surface area contributed by atoms with Crippen LogP contribution in [-0.2, 0) is 16.0 Å². The summed E-state index contributed by atoms with van der Waals surface area (Å²) in [6, 6.07) is 3.52. The number of carbonyl (C=O) groups excluding carboxylic acids is 1. The molecular formula is C12H12ClFN2O2. The Bertz CT molecular complexity index is 473. The van der Waals surface area contributed by atoms with E-state index in [1.807, 2.05) is 6.07 Å². The minimum absolute atomic E-state index is 0.104. The first-order chi connectivity index (χ1) is 8.70. The van der Waals surface area contributed by atoms with Crippen molar-refractivity contribution in [2.24, 2.45) is 0 Å². The molecule has 18 heavy (non-hydrogen) atoms. The number of esters is 1. The van der Waals surface area contributed by atoms with Crippen molar-refractivity contribution in [3.05, 3.63) is 40.3 Å². The van der Waals surface area contributed by atoms with Gasteiger partial charge >= 0.3 is 5.97 Å². The lowest BCUT2D eigenvalue weighted by Gasteiger charge is -2.05. The van der Waals surface area contributed by atoms with Crippen molar-refractivity contribution in [2.45, 2.75) is 6.42 Å². The normalized spacial score (nSPS) is 14.9. The van der Waals surface area contributed by atoms with Gasteiger partial charge < -0.3 is 10.1 Å². The molecule has 0 radical (unpaired) electrons. The highest BCUT2D eigenvalue weighted by Crippen LogP contribution is 2.18. The zero-order valence-electron chi connectivity index (χ0n) is 9.58. The Morgan fingerprint density at radius 3 is 3.00 bits per heavy atom. The molecule has 2 heterocycles. The van der Waals surface area contributed by atoms with Crippen molar-refractivity contribution in [3.63, 3.8) is 0 Å². The molecule has 4 nitrogen and oxygen atoms in total. The Labute approximate surface area is 109 Å². The van der Waals surface area contributed by atoms with Crippen LogP contribution in [-0.4, -0.2) is 30.8 Å². The zero-order chi connectivity index (χ0) is 13.0. The smallest absolute Gasteiger partial charge is 0.354 e. The molecule has 0 amide bonds. The average molecular weight is 271 g/mol. The van der Waals surface area contributed by atoms with Crippen LogP contribution in [0.4, 0.5) is 4.39 Å². The number of aromatic nitrogens is 1. The summed E-state index contributed by atoms with van der Waals surface area (Å²) < 4.78 is 17.0. The maximum atomic E-state index is 12.1. The number of hydrogen-bond donors (Lipinski definition) is 1. The molecule has 0 saturated heterocycles. The molecule has 1 aromatic rings. The van der Waals surface area contributed by atoms with Crippen molar-refractivity contribution < 1.29 is 13.9 Å². The van der Waals surface area contributed by atoms with Gasteiger partial charge in [-0.05, 0) is 11.6 Å². The van der Waals surface area contributed by atoms with Crippen molar-refractivity contribution in [2.75, 3.05) is 19.8 Å². The summed E-state index contributed by atoms with van der Waals surface area (Å²) in [7, 11) is 0. The molecule has 96 valence electrons. The number of nitrogens with zero attached hydrogens (tertiary/aromatic N) is 1. The molecule has 0 fully saturated rings. The monoisotopic (exact) mass is 270 g/mol. The molecule has 0 bridgehead atoms. The molecule has 0 saturated carbocycles. The summed E-state index contributed by atoms with van der Waals surface area (Å²) in [5, 5.41) is 3.17. The molecule has 1 aliphatic heterocycles. The van der Waals surface area contributed by atoms with Crippen LogP contribution in [0.25, 0.3) is 0 Å². The second-order valence-corrected chi connectivity index (χ2v) is 4.22. The summed E-state index contributed by atoms with van der Waals surface area (Å²) in [4.78, 5) is 15.4. The van der Waals surface area contributed by atoms with Gasteiger partial charge in [0.2, 0.25) is 0 Å². The van der Waals surface area contributed by atoms with Crippen molar-refractivity contribution >= 4 is 17.6 Å². The summed E-state index contributed by atoms with van der Waals surface area (Å²) in [5.74, 6) is -0.430. The second kappa shape index (κ2) is 5.82. The fourth-order valence-corrected chi connectivity index (χ4v) is 1.82. The summed E-state index contributed by atoms with van der Waals surface area (Å²) in [6.07, 6.45) is 2.18. The number of nitrogens with one attached hydrogen (secondary N) is 1. The summed E-state index contributed by atoms with van der Waals surface area (Å²) in [5.41, 5.74) is 2.09. The lowest BCUT2D eigenvalue weighted by atomic mass is 10.1. The van der Waals surface area contributed by atoms with E-state index in [1.54, 1.807) is 12.3 Å². The van der Waals surface area contributed by atoms with Crippen LogP contribution in [0.5, 0.6) is 0 Å². The Balaban J connectivity index is 2.12. The Hall–Kier alpha value is -1.62. The number of ether oxygens (including phenoxy) is 1. The third-order valence-electron chi connectivity index (χ3n) is 2.54. The number of halogens is 2. The molecule has 0 aliphatic carbocycles. The van der Waals surface area contributed by atoms with Gasteiger partial charge in [-0.15, -0.1) is 0 Å². The quantitative estimate of drug-likeness (QED) is 0.653. The Morgan fingerprint density at radius 2 is 2.33 bits per heavy atom. The van der Waals surface area contributed by atoms with Gasteiger partial charge in [0.05, 0.1) is 0 Å². The molecule has 6 heteroatoms. The van der Waals surface area contributed by atoms with E-state index < -0.39 is 12.6 Å². The van der Waals surface area contributed by atoms with Crippen LogP contribution in [0.1, 0.15) is 5.56 Å². The van der Waals surface area contributed by atoms with Gasteiger partial charge in [-0.2, -0.15) is 0 Å². The molecule has 1 aromatic heterocycles. The average Bonchev–Trinajstić information content (AvgIpc) is 2.71.